The predicted molar refractivity (Wildman–Crippen MR) is 106 cm³/mol. The van der Waals surface area contributed by atoms with Gasteiger partial charge in [0.2, 0.25) is 0 Å². The molecule has 1 fully saturated rings. The molecule has 5 nitrogen and oxygen atoms in total. The first-order valence-corrected chi connectivity index (χ1v) is 8.94. The van der Waals surface area contributed by atoms with E-state index in [2.05, 4.69) is 18.3 Å². The normalized spacial score (nSPS) is 26.7. The van der Waals surface area contributed by atoms with E-state index in [1.54, 1.807) is 0 Å². The van der Waals surface area contributed by atoms with Gasteiger partial charge in [-0.3, -0.25) is 9.79 Å². The van der Waals surface area contributed by atoms with E-state index in [1.165, 1.54) is 23.0 Å². The molecular weight excluding hydrogens is 367 g/mol. The maximum absolute atomic E-state index is 11.6. The molecule has 0 bridgehead atoms. The second-order valence-electron chi connectivity index (χ2n) is 6.18. The van der Waals surface area contributed by atoms with Crippen molar-refractivity contribution >= 4 is 48.2 Å². The van der Waals surface area contributed by atoms with Crippen LogP contribution in [0.5, 0.6) is 0 Å². The third-order valence-corrected chi connectivity index (χ3v) is 5.94. The monoisotopic (exact) mass is 392 g/mol. The average Bonchev–Trinajstić information content (AvgIpc) is 2.86. The Bertz CT molecular complexity index is 570. The van der Waals surface area contributed by atoms with Gasteiger partial charge in [-0.15, -0.1) is 24.8 Å². The van der Waals surface area contributed by atoms with E-state index in [-0.39, 0.29) is 36.1 Å². The highest BCUT2D eigenvalue weighted by Gasteiger charge is 2.41. The lowest BCUT2D eigenvalue weighted by Gasteiger charge is -2.30. The van der Waals surface area contributed by atoms with Crippen molar-refractivity contribution < 1.29 is 4.79 Å². The number of hydrogen-bond acceptors (Lipinski definition) is 5. The molecule has 0 aliphatic carbocycles. The minimum absolute atomic E-state index is 0. The maximum atomic E-state index is 11.6. The SMILES string of the molecule is CCCC1=CC(C2CCNCC2)=NC2SC(C(N)=O)=C(N)C12.Cl.Cl. The van der Waals surface area contributed by atoms with Gasteiger partial charge in [-0.1, -0.05) is 30.7 Å². The van der Waals surface area contributed by atoms with E-state index in [1.807, 2.05) is 0 Å². The number of thioether (sulfide) groups is 1. The number of fused-ring (bicyclic) bond motifs is 1. The first-order chi connectivity index (χ1) is 10.6. The van der Waals surface area contributed by atoms with Crippen molar-refractivity contribution in [3.05, 3.63) is 22.3 Å². The number of carbonyl (C=O) groups is 1. The number of rotatable bonds is 4. The number of hydrogen-bond donors (Lipinski definition) is 3. The molecule has 1 saturated heterocycles. The number of aliphatic imine (C=N–C) groups is 1. The zero-order valence-corrected chi connectivity index (χ0v) is 16.2. The molecule has 136 valence electrons. The fourth-order valence-electron chi connectivity index (χ4n) is 3.56. The van der Waals surface area contributed by atoms with Crippen LogP contribution >= 0.6 is 36.6 Å². The van der Waals surface area contributed by atoms with Crippen LogP contribution < -0.4 is 16.8 Å². The van der Waals surface area contributed by atoms with Gasteiger partial charge in [0, 0.05) is 17.3 Å². The zero-order chi connectivity index (χ0) is 15.7. The number of nitrogens with one attached hydrogen (secondary N) is 1. The highest BCUT2D eigenvalue weighted by atomic mass is 35.5. The van der Waals surface area contributed by atoms with Gasteiger partial charge in [-0.25, -0.2) is 0 Å². The third-order valence-electron chi connectivity index (χ3n) is 4.65. The molecule has 0 aromatic heterocycles. The summed E-state index contributed by atoms with van der Waals surface area (Å²) in [6, 6.07) is 0. The van der Waals surface area contributed by atoms with Gasteiger partial charge in [-0.2, -0.15) is 0 Å². The number of nitrogens with two attached hydrogens (primary N) is 2. The van der Waals surface area contributed by atoms with Crippen molar-refractivity contribution in [1.29, 1.82) is 0 Å². The van der Waals surface area contributed by atoms with Crippen molar-refractivity contribution in [3.63, 3.8) is 0 Å². The number of allylic oxidation sites excluding steroid dienone is 1. The van der Waals surface area contributed by atoms with E-state index >= 15 is 0 Å². The summed E-state index contributed by atoms with van der Waals surface area (Å²) in [6.45, 7) is 4.27. The molecule has 0 aromatic rings. The van der Waals surface area contributed by atoms with Crippen LogP contribution in [0.25, 0.3) is 0 Å². The molecule has 3 heterocycles. The summed E-state index contributed by atoms with van der Waals surface area (Å²) in [6.07, 6.45) is 6.57. The van der Waals surface area contributed by atoms with Crippen LogP contribution in [-0.2, 0) is 4.79 Å². The molecule has 3 aliphatic heterocycles. The van der Waals surface area contributed by atoms with Crippen LogP contribution in [0.1, 0.15) is 32.6 Å². The maximum Gasteiger partial charge on any atom is 0.256 e. The lowest BCUT2D eigenvalue weighted by atomic mass is 9.84. The molecule has 24 heavy (non-hydrogen) atoms. The Morgan fingerprint density at radius 1 is 1.38 bits per heavy atom. The summed E-state index contributed by atoms with van der Waals surface area (Å²) < 4.78 is 0. The van der Waals surface area contributed by atoms with Crippen molar-refractivity contribution in [1.82, 2.24) is 5.32 Å². The molecule has 0 radical (unpaired) electrons. The van der Waals surface area contributed by atoms with Gasteiger partial charge >= 0.3 is 0 Å². The largest absolute Gasteiger partial charge is 0.400 e. The van der Waals surface area contributed by atoms with E-state index in [9.17, 15) is 4.79 Å². The Morgan fingerprint density at radius 3 is 2.62 bits per heavy atom. The number of piperidine rings is 1. The molecule has 3 aliphatic rings. The summed E-state index contributed by atoms with van der Waals surface area (Å²) >= 11 is 1.44. The third kappa shape index (κ3) is 4.10. The highest BCUT2D eigenvalue weighted by Crippen LogP contribution is 2.47. The summed E-state index contributed by atoms with van der Waals surface area (Å²) in [5.41, 5.74) is 14.8. The Balaban J connectivity index is 0.00000144. The lowest BCUT2D eigenvalue weighted by Crippen LogP contribution is -2.34. The molecule has 1 amide bonds. The zero-order valence-electron chi connectivity index (χ0n) is 13.8. The van der Waals surface area contributed by atoms with Gasteiger partial charge < -0.3 is 16.8 Å². The molecule has 5 N–H and O–H groups in total. The molecule has 0 spiro atoms. The molecular formula is C16H26Cl2N4OS. The smallest absolute Gasteiger partial charge is 0.256 e. The molecule has 8 heteroatoms. The second-order valence-corrected chi connectivity index (χ2v) is 7.31. The quantitative estimate of drug-likeness (QED) is 0.684. The molecule has 0 aromatic carbocycles. The number of carbonyl (C=O) groups excluding carboxylic acids is 1. The van der Waals surface area contributed by atoms with Gasteiger partial charge in [0.25, 0.3) is 5.91 Å². The topological polar surface area (TPSA) is 93.5 Å². The van der Waals surface area contributed by atoms with E-state index in [0.29, 0.717) is 16.5 Å². The standard InChI is InChI=1S/C16H24N4OS.2ClH/c1-2-3-10-8-11(9-4-6-19-7-5-9)20-16-12(10)13(17)14(22-16)15(18)21;;/h8-9,12,16,19H,2-7,17H2,1H3,(H2,18,21);2*1H. The first kappa shape index (κ1) is 21.4. The Labute approximate surface area is 160 Å². The number of amides is 1. The van der Waals surface area contributed by atoms with Crippen LogP contribution in [0.15, 0.2) is 27.2 Å². The van der Waals surface area contributed by atoms with Crippen LogP contribution in [0.4, 0.5) is 0 Å². The molecule has 0 saturated carbocycles. The van der Waals surface area contributed by atoms with Crippen LogP contribution in [0.3, 0.4) is 0 Å². The van der Waals surface area contributed by atoms with Crippen LogP contribution in [0.2, 0.25) is 0 Å². The summed E-state index contributed by atoms with van der Waals surface area (Å²) in [5, 5.41) is 3.39. The van der Waals surface area contributed by atoms with E-state index in [0.717, 1.165) is 38.8 Å². The van der Waals surface area contributed by atoms with Gasteiger partial charge in [-0.05, 0) is 38.4 Å². The van der Waals surface area contributed by atoms with Crippen molar-refractivity contribution in [2.24, 2.45) is 28.3 Å². The van der Waals surface area contributed by atoms with Crippen LogP contribution in [0, 0.1) is 11.8 Å². The minimum atomic E-state index is -0.425. The van der Waals surface area contributed by atoms with Crippen molar-refractivity contribution in [3.8, 4) is 0 Å². The molecule has 2 atom stereocenters. The minimum Gasteiger partial charge on any atom is -0.400 e. The Morgan fingerprint density at radius 2 is 2.04 bits per heavy atom. The summed E-state index contributed by atoms with van der Waals surface area (Å²) in [7, 11) is 0. The number of dihydropyridines is 1. The van der Waals surface area contributed by atoms with E-state index < -0.39 is 5.91 Å². The number of primary amides is 1. The Kier molecular flexibility index (Phi) is 8.12. The van der Waals surface area contributed by atoms with Gasteiger partial charge in [0.05, 0.1) is 10.8 Å². The highest BCUT2D eigenvalue weighted by molar-refractivity contribution is 8.04. The number of halogens is 2. The number of nitrogens with zero attached hydrogens (tertiary/aromatic N) is 1. The first-order valence-electron chi connectivity index (χ1n) is 8.06. The van der Waals surface area contributed by atoms with Crippen LogP contribution in [-0.4, -0.2) is 30.1 Å². The van der Waals surface area contributed by atoms with Crippen molar-refractivity contribution in [2.45, 2.75) is 38.0 Å². The fourth-order valence-corrected chi connectivity index (χ4v) is 4.81. The summed E-state index contributed by atoms with van der Waals surface area (Å²) in [5.74, 6) is 0.151. The molecule has 2 unspecified atom stereocenters. The van der Waals surface area contributed by atoms with Crippen molar-refractivity contribution in [2.75, 3.05) is 13.1 Å². The van der Waals surface area contributed by atoms with Gasteiger partial charge in [0.1, 0.15) is 5.37 Å². The fraction of sp³-hybridized carbons (Fsp3) is 0.625. The lowest BCUT2D eigenvalue weighted by molar-refractivity contribution is -0.113. The Hall–Kier alpha value is -0.690. The van der Waals surface area contributed by atoms with E-state index in [4.69, 9.17) is 16.5 Å². The molecule has 3 rings (SSSR count). The summed E-state index contributed by atoms with van der Waals surface area (Å²) in [4.78, 5) is 17.0. The van der Waals surface area contributed by atoms with Gasteiger partial charge in [0.15, 0.2) is 0 Å². The average molecular weight is 393 g/mol. The predicted octanol–water partition coefficient (Wildman–Crippen LogP) is 2.36. The second kappa shape index (κ2) is 9.13.